The van der Waals surface area contributed by atoms with Crippen LogP contribution in [0.4, 0.5) is 0 Å². The second-order valence-electron chi connectivity index (χ2n) is 5.62. The van der Waals surface area contributed by atoms with Crippen molar-refractivity contribution in [2.45, 2.75) is 4.90 Å². The third-order valence-corrected chi connectivity index (χ3v) is 1.35. The van der Waals surface area contributed by atoms with Crippen LogP contribution in [0.25, 0.3) is 0 Å². The molecule has 0 amide bonds. The molecular weight excluding hydrogens is 392 g/mol. The topological polar surface area (TPSA) is 17.1 Å². The molecule has 0 atom stereocenters. The molecule has 0 aliphatic heterocycles. The Morgan fingerprint density at radius 1 is 0.773 bits per heavy atom. The number of carbonyl (C=O) groups excluding carboxylic acids is 1. The van der Waals surface area contributed by atoms with Gasteiger partial charge in [-0.1, -0.05) is 6.07 Å². The number of hydrogen-bond donors (Lipinski definition) is 0. The third kappa shape index (κ3) is 42.8. The number of benzene rings is 1. The van der Waals surface area contributed by atoms with E-state index in [1.807, 2.05) is 0 Å². The molecule has 0 aliphatic carbocycles. The van der Waals surface area contributed by atoms with E-state index < -0.39 is 0 Å². The summed E-state index contributed by atoms with van der Waals surface area (Å²) in [6.45, 7) is 20.1. The maximum absolute atomic E-state index is 10.0. The zero-order valence-corrected chi connectivity index (χ0v) is 19.8. The summed E-state index contributed by atoms with van der Waals surface area (Å²) in [4.78, 5) is 10.6. The summed E-state index contributed by atoms with van der Waals surface area (Å²) in [5.41, 5.74) is 0.465. The Morgan fingerprint density at radius 3 is 1.23 bits per heavy atom. The molecule has 22 heavy (non-hydrogen) atoms. The van der Waals surface area contributed by atoms with Gasteiger partial charge in [0, 0.05) is 0 Å². The van der Waals surface area contributed by atoms with Gasteiger partial charge in [0.05, 0.1) is 6.29 Å². The van der Waals surface area contributed by atoms with Gasteiger partial charge in [-0.3, -0.25) is 4.90 Å². The van der Waals surface area contributed by atoms with Gasteiger partial charge in [-0.15, -0.1) is 35.9 Å². The van der Waals surface area contributed by atoms with E-state index in [1.165, 1.54) is 0 Å². The summed E-state index contributed by atoms with van der Waals surface area (Å²) in [6, 6.07) is 6.91. The summed E-state index contributed by atoms with van der Waals surface area (Å²) in [5, 5.41) is 0. The number of hydrogen-bond acceptors (Lipinski definition) is 2. The van der Waals surface area contributed by atoms with Crippen LogP contribution in [-0.2, 0) is 34.2 Å². The van der Waals surface area contributed by atoms with Crippen LogP contribution in [0.3, 0.4) is 0 Å². The zero-order valence-electron chi connectivity index (χ0n) is 15.3. The Morgan fingerprint density at radius 2 is 1.05 bits per heavy atom. The first-order valence-corrected chi connectivity index (χ1v) is 15.0. The largest absolute Gasteiger partial charge is 2.00 e. The van der Waals surface area contributed by atoms with Crippen molar-refractivity contribution in [3.05, 3.63) is 29.8 Å². The van der Waals surface area contributed by atoms with E-state index in [2.05, 4.69) is 60.0 Å². The summed E-state index contributed by atoms with van der Waals surface area (Å²) in [7, 11) is 1.14. The minimum Gasteiger partial charge on any atom is -0.858 e. The Balaban J connectivity index is -0.000000107. The van der Waals surface area contributed by atoms with Crippen molar-refractivity contribution in [3.8, 4) is 0 Å². The predicted octanol–water partition coefficient (Wildman–Crippen LogP) is 5.12. The average molecular weight is 423 g/mol. The van der Waals surface area contributed by atoms with E-state index in [4.69, 9.17) is 12.6 Å². The fourth-order valence-electron chi connectivity index (χ4n) is 0.551. The maximum Gasteiger partial charge on any atom is 2.00 e. The van der Waals surface area contributed by atoms with Gasteiger partial charge >= 0.3 is 16.8 Å². The first-order valence-electron chi connectivity index (χ1n) is 6.51. The molecular formula is C16H31CoOP3S. The van der Waals surface area contributed by atoms with Crippen LogP contribution >= 0.6 is 23.8 Å². The van der Waals surface area contributed by atoms with Crippen molar-refractivity contribution in [1.82, 2.24) is 0 Å². The zero-order chi connectivity index (χ0) is 17.4. The van der Waals surface area contributed by atoms with Crippen LogP contribution in [0.5, 0.6) is 0 Å². The molecule has 0 unspecified atom stereocenters. The van der Waals surface area contributed by atoms with E-state index in [1.54, 1.807) is 30.6 Å². The second-order valence-corrected chi connectivity index (χ2v) is 14.1. The monoisotopic (exact) mass is 423 g/mol. The Bertz CT molecular complexity index is 325. The predicted molar refractivity (Wildman–Crippen MR) is 111 cm³/mol. The van der Waals surface area contributed by atoms with Gasteiger partial charge in [-0.05, 0) is 60.0 Å². The van der Waals surface area contributed by atoms with Crippen molar-refractivity contribution >= 4 is 42.7 Å². The van der Waals surface area contributed by atoms with Crippen LogP contribution in [0, 0.1) is 0 Å². The van der Waals surface area contributed by atoms with Crippen LogP contribution in [0.15, 0.2) is 29.2 Å². The standard InChI is InChI=1S/C7H5OS.3C3H9P.Co/c8-5-6-3-1-2-4-7(6)9;3*1-4(2)3;/h1-4,9H;3*1-3H3;/q-1;;;;+2/p-1. The van der Waals surface area contributed by atoms with Gasteiger partial charge in [-0.25, -0.2) is 0 Å². The molecule has 0 spiro atoms. The molecule has 1 rings (SSSR count). The molecule has 6 heteroatoms. The second kappa shape index (κ2) is 21.9. The summed E-state index contributed by atoms with van der Waals surface area (Å²) >= 11 is 4.79. The molecule has 0 heterocycles. The molecule has 0 bridgehead atoms. The molecule has 1 nitrogen and oxygen atoms in total. The van der Waals surface area contributed by atoms with Gasteiger partial charge < -0.3 is 17.4 Å². The van der Waals surface area contributed by atoms with Crippen molar-refractivity contribution in [2.24, 2.45) is 0 Å². The molecule has 1 aromatic carbocycles. The molecule has 0 N–H and O–H groups in total. The van der Waals surface area contributed by atoms with E-state index in [0.717, 1.165) is 0 Å². The van der Waals surface area contributed by atoms with Crippen LogP contribution in [0.2, 0.25) is 0 Å². The quantitative estimate of drug-likeness (QED) is 0.354. The summed E-state index contributed by atoms with van der Waals surface area (Å²) in [6.07, 6.45) is 1.74. The molecule has 1 aromatic rings. The first kappa shape index (κ1) is 30.8. The number of rotatable bonds is 1. The molecule has 0 saturated carbocycles. The minimum atomic E-state index is 0. The molecule has 0 aliphatic rings. The molecule has 0 saturated heterocycles. The van der Waals surface area contributed by atoms with Crippen LogP contribution in [0.1, 0.15) is 5.56 Å². The van der Waals surface area contributed by atoms with Crippen molar-refractivity contribution in [1.29, 1.82) is 0 Å². The van der Waals surface area contributed by atoms with Gasteiger partial charge in [-0.2, -0.15) is 11.6 Å². The summed E-state index contributed by atoms with van der Waals surface area (Å²) < 4.78 is 0. The van der Waals surface area contributed by atoms with E-state index >= 15 is 0 Å². The SMILES string of the molecule is CP(C)C.CP(C)C.CP(C)C.O=[C-]c1ccccc1[S-].[Co+2]. The maximum atomic E-state index is 10.0. The van der Waals surface area contributed by atoms with Crippen molar-refractivity contribution < 1.29 is 21.6 Å². The van der Waals surface area contributed by atoms with Gasteiger partial charge in [0.25, 0.3) is 0 Å². The van der Waals surface area contributed by atoms with E-state index in [0.29, 0.717) is 34.2 Å². The van der Waals surface area contributed by atoms with Gasteiger partial charge in [0.1, 0.15) is 0 Å². The average Bonchev–Trinajstić information content (AvgIpc) is 2.27. The van der Waals surface area contributed by atoms with Crippen LogP contribution in [-0.4, -0.2) is 66.3 Å². The molecule has 1 radical (unpaired) electrons. The Labute approximate surface area is 158 Å². The normalized spacial score (nSPS) is 8.55. The fourth-order valence-corrected chi connectivity index (χ4v) is 0.739. The van der Waals surface area contributed by atoms with Gasteiger partial charge in [0.15, 0.2) is 0 Å². The smallest absolute Gasteiger partial charge is 0.858 e. The van der Waals surface area contributed by atoms with E-state index in [9.17, 15) is 4.79 Å². The molecule has 131 valence electrons. The minimum absolute atomic E-state index is 0. The van der Waals surface area contributed by atoms with Crippen LogP contribution < -0.4 is 0 Å². The van der Waals surface area contributed by atoms with Crippen molar-refractivity contribution in [2.75, 3.05) is 60.0 Å². The third-order valence-electron chi connectivity index (χ3n) is 0.997. The fraction of sp³-hybridized carbons (Fsp3) is 0.562. The van der Waals surface area contributed by atoms with Crippen molar-refractivity contribution in [3.63, 3.8) is 0 Å². The molecule has 0 fully saturated rings. The first-order chi connectivity index (χ1) is 9.54. The Kier molecular flexibility index (Phi) is 30.6. The summed E-state index contributed by atoms with van der Waals surface area (Å²) in [5.74, 6) is 0. The molecule has 0 aromatic heterocycles. The van der Waals surface area contributed by atoms with E-state index in [-0.39, 0.29) is 16.8 Å². The van der Waals surface area contributed by atoms with Gasteiger partial charge in [0.2, 0.25) is 0 Å². The Hall–Kier alpha value is 0.906.